The fourth-order valence-electron chi connectivity index (χ4n) is 6.23. The molecule has 0 aromatic carbocycles. The minimum atomic E-state index is 0.610. The third-order valence-electron chi connectivity index (χ3n) is 6.49. The van der Waals surface area contributed by atoms with Crippen LogP contribution < -0.4 is 5.32 Å². The van der Waals surface area contributed by atoms with Gasteiger partial charge in [0.1, 0.15) is 0 Å². The standard InChI is InChI=1S/C18H28N2/c1-19-11-17(16-3-4-20(2)12-16)18-8-13-5-14(9-18)7-15(6-13)10-18/h3-4,12-15,17,19H,5-11H2,1-2H3. The molecule has 4 fully saturated rings. The van der Waals surface area contributed by atoms with Crippen molar-refractivity contribution in [1.29, 1.82) is 0 Å². The van der Waals surface area contributed by atoms with Crippen LogP contribution in [0.2, 0.25) is 0 Å². The van der Waals surface area contributed by atoms with Crippen LogP contribution >= 0.6 is 0 Å². The number of hydrogen-bond donors (Lipinski definition) is 1. The van der Waals surface area contributed by atoms with E-state index in [2.05, 4.69) is 42.4 Å². The lowest BCUT2D eigenvalue weighted by Crippen LogP contribution is -2.50. The second-order valence-electron chi connectivity index (χ2n) is 8.00. The fraction of sp³-hybridized carbons (Fsp3) is 0.778. The second kappa shape index (κ2) is 4.62. The Bertz CT molecular complexity index is 452. The summed E-state index contributed by atoms with van der Waals surface area (Å²) in [5.41, 5.74) is 2.18. The van der Waals surface area contributed by atoms with Gasteiger partial charge in [-0.15, -0.1) is 0 Å². The first kappa shape index (κ1) is 12.9. The van der Waals surface area contributed by atoms with Gasteiger partial charge in [-0.1, -0.05) is 0 Å². The summed E-state index contributed by atoms with van der Waals surface area (Å²) in [5, 5.41) is 3.49. The summed E-state index contributed by atoms with van der Waals surface area (Å²) >= 11 is 0. The Labute approximate surface area is 122 Å². The van der Waals surface area contributed by atoms with E-state index < -0.39 is 0 Å². The van der Waals surface area contributed by atoms with E-state index in [4.69, 9.17) is 0 Å². The summed E-state index contributed by atoms with van der Waals surface area (Å²) in [4.78, 5) is 0. The quantitative estimate of drug-likeness (QED) is 0.887. The van der Waals surface area contributed by atoms with E-state index in [1.807, 2.05) is 0 Å². The van der Waals surface area contributed by atoms with Crippen molar-refractivity contribution >= 4 is 0 Å². The zero-order valence-corrected chi connectivity index (χ0v) is 12.9. The molecule has 2 heteroatoms. The van der Waals surface area contributed by atoms with Crippen molar-refractivity contribution < 1.29 is 0 Å². The van der Waals surface area contributed by atoms with Gasteiger partial charge in [0, 0.05) is 31.9 Å². The lowest BCUT2D eigenvalue weighted by atomic mass is 9.46. The Morgan fingerprint density at radius 3 is 2.25 bits per heavy atom. The molecule has 1 N–H and O–H groups in total. The Balaban J connectivity index is 1.68. The number of rotatable bonds is 4. The summed E-state index contributed by atoms with van der Waals surface area (Å²) in [6.07, 6.45) is 13.7. The van der Waals surface area contributed by atoms with Crippen LogP contribution in [0.1, 0.15) is 50.0 Å². The maximum Gasteiger partial charge on any atom is 0.0106 e. The molecule has 4 bridgehead atoms. The highest BCUT2D eigenvalue weighted by molar-refractivity contribution is 5.23. The fourth-order valence-corrected chi connectivity index (χ4v) is 6.23. The third kappa shape index (κ3) is 1.95. The molecule has 1 atom stereocenters. The summed E-state index contributed by atoms with van der Waals surface area (Å²) in [6.45, 7) is 1.15. The maximum absolute atomic E-state index is 3.49. The van der Waals surface area contributed by atoms with Gasteiger partial charge in [-0.25, -0.2) is 0 Å². The molecule has 5 rings (SSSR count). The highest BCUT2D eigenvalue weighted by atomic mass is 14.9. The molecule has 2 nitrogen and oxygen atoms in total. The van der Waals surface area contributed by atoms with E-state index in [1.54, 1.807) is 24.8 Å². The van der Waals surface area contributed by atoms with Crippen LogP contribution in [0.5, 0.6) is 0 Å². The van der Waals surface area contributed by atoms with Crippen LogP contribution in [0.25, 0.3) is 0 Å². The molecule has 0 spiro atoms. The number of likely N-dealkylation sites (N-methyl/N-ethyl adjacent to an activating group) is 1. The molecular weight excluding hydrogens is 244 g/mol. The van der Waals surface area contributed by atoms with Gasteiger partial charge < -0.3 is 9.88 Å². The van der Waals surface area contributed by atoms with Crippen LogP contribution in [0.3, 0.4) is 0 Å². The molecule has 1 unspecified atom stereocenters. The third-order valence-corrected chi connectivity index (χ3v) is 6.49. The van der Waals surface area contributed by atoms with Crippen molar-refractivity contribution in [2.45, 2.75) is 44.4 Å². The van der Waals surface area contributed by atoms with Crippen molar-refractivity contribution in [3.8, 4) is 0 Å². The van der Waals surface area contributed by atoms with Crippen LogP contribution in [0, 0.1) is 23.2 Å². The van der Waals surface area contributed by atoms with Crippen LogP contribution in [0.4, 0.5) is 0 Å². The van der Waals surface area contributed by atoms with Crippen molar-refractivity contribution in [3.05, 3.63) is 24.0 Å². The van der Waals surface area contributed by atoms with Gasteiger partial charge in [0.2, 0.25) is 0 Å². The number of aromatic nitrogens is 1. The highest BCUT2D eigenvalue weighted by Gasteiger charge is 2.54. The molecule has 110 valence electrons. The first-order valence-corrected chi connectivity index (χ1v) is 8.45. The lowest BCUT2D eigenvalue weighted by Gasteiger charge is -2.59. The second-order valence-corrected chi connectivity index (χ2v) is 8.00. The van der Waals surface area contributed by atoms with E-state index in [9.17, 15) is 0 Å². The van der Waals surface area contributed by atoms with E-state index in [0.29, 0.717) is 5.41 Å². The van der Waals surface area contributed by atoms with Gasteiger partial charge in [0.05, 0.1) is 0 Å². The predicted molar refractivity (Wildman–Crippen MR) is 82.7 cm³/mol. The molecule has 4 saturated carbocycles. The highest BCUT2D eigenvalue weighted by Crippen LogP contribution is 2.64. The topological polar surface area (TPSA) is 17.0 Å². The van der Waals surface area contributed by atoms with Crippen molar-refractivity contribution in [2.75, 3.05) is 13.6 Å². The van der Waals surface area contributed by atoms with Gasteiger partial charge >= 0.3 is 0 Å². The lowest BCUT2D eigenvalue weighted by molar-refractivity contribution is -0.0681. The molecule has 4 aliphatic carbocycles. The van der Waals surface area contributed by atoms with Gasteiger partial charge in [0.25, 0.3) is 0 Å². The molecule has 0 saturated heterocycles. The predicted octanol–water partition coefficient (Wildman–Crippen LogP) is 3.54. The van der Waals surface area contributed by atoms with Gasteiger partial charge in [-0.3, -0.25) is 0 Å². The average Bonchev–Trinajstić information content (AvgIpc) is 2.80. The molecular formula is C18H28N2. The minimum Gasteiger partial charge on any atom is -0.357 e. The van der Waals surface area contributed by atoms with Crippen LogP contribution in [-0.4, -0.2) is 18.2 Å². The minimum absolute atomic E-state index is 0.610. The van der Waals surface area contributed by atoms with Crippen molar-refractivity contribution in [3.63, 3.8) is 0 Å². The van der Waals surface area contributed by atoms with Crippen LogP contribution in [-0.2, 0) is 7.05 Å². The molecule has 4 aliphatic rings. The molecule has 0 amide bonds. The average molecular weight is 272 g/mol. The van der Waals surface area contributed by atoms with E-state index in [0.717, 1.165) is 30.2 Å². The number of nitrogens with zero attached hydrogens (tertiary/aromatic N) is 1. The number of hydrogen-bond acceptors (Lipinski definition) is 1. The van der Waals surface area contributed by atoms with E-state index in [1.165, 1.54) is 19.3 Å². The first-order valence-electron chi connectivity index (χ1n) is 8.45. The number of aryl methyl sites for hydroxylation is 1. The van der Waals surface area contributed by atoms with Gasteiger partial charge in [-0.2, -0.15) is 0 Å². The van der Waals surface area contributed by atoms with Gasteiger partial charge in [-0.05, 0) is 80.4 Å². The van der Waals surface area contributed by atoms with Crippen molar-refractivity contribution in [1.82, 2.24) is 9.88 Å². The molecule has 1 heterocycles. The Hall–Kier alpha value is -0.760. The number of nitrogens with one attached hydrogen (secondary N) is 1. The van der Waals surface area contributed by atoms with Gasteiger partial charge in [0.15, 0.2) is 0 Å². The Morgan fingerprint density at radius 1 is 1.20 bits per heavy atom. The smallest absolute Gasteiger partial charge is 0.0106 e. The Morgan fingerprint density at radius 2 is 1.80 bits per heavy atom. The summed E-state index contributed by atoms with van der Waals surface area (Å²) in [7, 11) is 4.27. The first-order chi connectivity index (χ1) is 9.68. The van der Waals surface area contributed by atoms with E-state index in [-0.39, 0.29) is 0 Å². The van der Waals surface area contributed by atoms with Crippen LogP contribution in [0.15, 0.2) is 18.5 Å². The van der Waals surface area contributed by atoms with E-state index >= 15 is 0 Å². The summed E-state index contributed by atoms with van der Waals surface area (Å²) in [6, 6.07) is 2.36. The van der Waals surface area contributed by atoms with Crippen molar-refractivity contribution in [2.24, 2.45) is 30.2 Å². The molecule has 1 aromatic rings. The largest absolute Gasteiger partial charge is 0.357 e. The summed E-state index contributed by atoms with van der Waals surface area (Å²) in [5.74, 6) is 3.86. The monoisotopic (exact) mass is 272 g/mol. The SMILES string of the molecule is CNCC(c1ccn(C)c1)C12CC3CC(CC(C3)C1)C2. The molecule has 20 heavy (non-hydrogen) atoms. The summed E-state index contributed by atoms with van der Waals surface area (Å²) < 4.78 is 2.22. The zero-order valence-electron chi connectivity index (χ0n) is 12.9. The normalized spacial score (nSPS) is 40.2. The Kier molecular flexibility index (Phi) is 2.99. The zero-order chi connectivity index (χ0) is 13.7. The molecule has 0 aliphatic heterocycles. The molecule has 0 radical (unpaired) electrons. The molecule has 1 aromatic heterocycles. The maximum atomic E-state index is 3.49.